The zero-order valence-corrected chi connectivity index (χ0v) is 28.1. The van der Waals surface area contributed by atoms with E-state index in [0.29, 0.717) is 23.5 Å². The van der Waals surface area contributed by atoms with E-state index in [4.69, 9.17) is 9.66 Å². The number of hydrogen-bond donors (Lipinski definition) is 3. The summed E-state index contributed by atoms with van der Waals surface area (Å²) in [5, 5.41) is 9.57. The summed E-state index contributed by atoms with van der Waals surface area (Å²) >= 11 is 0.583. The van der Waals surface area contributed by atoms with Gasteiger partial charge in [-0.1, -0.05) is 123 Å². The Morgan fingerprint density at radius 2 is 1.09 bits per heavy atom. The molecule has 0 aromatic rings. The van der Waals surface area contributed by atoms with Crippen LogP contribution in [0.25, 0.3) is 0 Å². The number of nitrogens with one attached hydrogen (secondary N) is 1. The number of nitrogens with zero attached hydrogens (tertiary/aromatic N) is 1. The average molecular weight is 515 g/mol. The van der Waals surface area contributed by atoms with Gasteiger partial charge in [0.1, 0.15) is 0 Å². The molecule has 34 heavy (non-hydrogen) atoms. The Kier molecular flexibility index (Phi) is 201. The second-order valence-corrected chi connectivity index (χ2v) is 3.61. The molecule has 5 nitrogen and oxygen atoms in total. The van der Waals surface area contributed by atoms with Crippen LogP contribution in [0.4, 0.5) is 4.79 Å². The summed E-state index contributed by atoms with van der Waals surface area (Å²) in [6, 6.07) is -0.164. The van der Waals surface area contributed by atoms with E-state index in [2.05, 4.69) is 11.9 Å². The SMILES string of the molecule is C=C(/C=C\C(=C/C)N(CC)C(=O)NC)SO.CC.CC.CC.CC.CC.CC.CC.CC.CO. The molecule has 0 spiro atoms. The van der Waals surface area contributed by atoms with Gasteiger partial charge in [0.05, 0.1) is 0 Å². The summed E-state index contributed by atoms with van der Waals surface area (Å²) in [7, 11) is 2.59. The second kappa shape index (κ2) is 107. The summed E-state index contributed by atoms with van der Waals surface area (Å²) in [6.45, 7) is 39.9. The monoisotopic (exact) mass is 515 g/mol. The first kappa shape index (κ1) is 63.8. The molecule has 6 heteroatoms. The number of likely N-dealkylation sites (N-methyl/N-ethyl adjacent to an activating group) is 1. The van der Waals surface area contributed by atoms with Crippen molar-refractivity contribution >= 4 is 18.1 Å². The van der Waals surface area contributed by atoms with Gasteiger partial charge in [0.15, 0.2) is 0 Å². The van der Waals surface area contributed by atoms with Gasteiger partial charge in [-0.25, -0.2) is 4.79 Å². The Balaban J connectivity index is -0.0000000334. The Bertz CT molecular complexity index is 321. The van der Waals surface area contributed by atoms with Crippen LogP contribution in [0.5, 0.6) is 0 Å². The Labute approximate surface area is 223 Å². The lowest BCUT2D eigenvalue weighted by Gasteiger charge is -2.21. The standard InChI is InChI=1S/C11H18N2O2S.8C2H6.CH4O/c1-5-10(8-7-9(3)16-15)13(6-2)11(14)12-4;9*1-2/h5,7-8,15H,3,6H2,1-2,4H3,(H,12,14);8*1-2H3;2H,1H3/b8-7-,10-5+;;;;;;;;;. The number of aliphatic hydroxyl groups is 1. The van der Waals surface area contributed by atoms with Crippen LogP contribution in [-0.2, 0) is 0 Å². The first-order valence-electron chi connectivity index (χ1n) is 13.4. The van der Waals surface area contributed by atoms with Crippen molar-refractivity contribution in [2.75, 3.05) is 20.7 Å². The summed E-state index contributed by atoms with van der Waals surface area (Å²) < 4.78 is 8.73. The van der Waals surface area contributed by atoms with E-state index in [1.165, 1.54) is 0 Å². The second-order valence-electron chi connectivity index (χ2n) is 2.90. The third kappa shape index (κ3) is 69.8. The van der Waals surface area contributed by atoms with E-state index >= 15 is 0 Å². The predicted molar refractivity (Wildman–Crippen MR) is 168 cm³/mol. The van der Waals surface area contributed by atoms with Crippen molar-refractivity contribution in [2.45, 2.75) is 125 Å². The van der Waals surface area contributed by atoms with Crippen LogP contribution in [0.15, 0.2) is 35.4 Å². The fourth-order valence-corrected chi connectivity index (χ4v) is 1.26. The van der Waals surface area contributed by atoms with Crippen LogP contribution in [-0.4, -0.2) is 41.3 Å². The molecule has 0 heterocycles. The van der Waals surface area contributed by atoms with Crippen molar-refractivity contribution in [3.05, 3.63) is 35.4 Å². The van der Waals surface area contributed by atoms with E-state index in [-0.39, 0.29) is 6.03 Å². The lowest BCUT2D eigenvalue weighted by atomic mass is 10.3. The maximum Gasteiger partial charge on any atom is 0.321 e. The molecule has 2 amide bonds. The lowest BCUT2D eigenvalue weighted by molar-refractivity contribution is 0.216. The van der Waals surface area contributed by atoms with Crippen LogP contribution in [0.1, 0.15) is 125 Å². The smallest absolute Gasteiger partial charge is 0.321 e. The highest BCUT2D eigenvalue weighted by Gasteiger charge is 2.11. The van der Waals surface area contributed by atoms with E-state index in [1.807, 2.05) is 131 Å². The number of allylic oxidation sites excluding steroid dienone is 3. The number of carbonyl (C=O) groups excluding carboxylic acids is 1. The van der Waals surface area contributed by atoms with Crippen LogP contribution in [0.2, 0.25) is 0 Å². The fourth-order valence-electron chi connectivity index (χ4n) is 1.13. The van der Waals surface area contributed by atoms with Gasteiger partial charge in [0, 0.05) is 43.3 Å². The van der Waals surface area contributed by atoms with E-state index in [0.717, 1.165) is 12.8 Å². The molecule has 0 bridgehead atoms. The number of urea groups is 1. The van der Waals surface area contributed by atoms with Gasteiger partial charge in [0.25, 0.3) is 0 Å². The predicted octanol–water partition coefficient (Wildman–Crippen LogP) is 10.6. The zero-order valence-electron chi connectivity index (χ0n) is 27.3. The van der Waals surface area contributed by atoms with Crippen molar-refractivity contribution in [1.82, 2.24) is 10.2 Å². The molecule has 0 atom stereocenters. The topological polar surface area (TPSA) is 72.8 Å². The zero-order chi connectivity index (χ0) is 30.6. The van der Waals surface area contributed by atoms with Crippen LogP contribution < -0.4 is 5.32 Å². The molecule has 3 N–H and O–H groups in total. The summed E-state index contributed by atoms with van der Waals surface area (Å²) in [4.78, 5) is 13.6. The third-order valence-electron chi connectivity index (χ3n) is 1.94. The highest BCUT2D eigenvalue weighted by Crippen LogP contribution is 2.13. The molecule has 0 aromatic heterocycles. The molecule has 0 saturated carbocycles. The maximum atomic E-state index is 11.5. The largest absolute Gasteiger partial charge is 0.400 e. The van der Waals surface area contributed by atoms with Crippen molar-refractivity contribution in [1.29, 1.82) is 0 Å². The van der Waals surface area contributed by atoms with Gasteiger partial charge in [-0.15, -0.1) is 0 Å². The van der Waals surface area contributed by atoms with Gasteiger partial charge in [-0.05, 0) is 26.0 Å². The summed E-state index contributed by atoms with van der Waals surface area (Å²) in [6.07, 6.45) is 5.22. The number of rotatable bonds is 5. The number of aliphatic hydroxyl groups excluding tert-OH is 1. The van der Waals surface area contributed by atoms with E-state index < -0.39 is 0 Å². The molecule has 0 fully saturated rings. The molecule has 0 aliphatic heterocycles. The quantitative estimate of drug-likeness (QED) is 0.252. The van der Waals surface area contributed by atoms with Gasteiger partial charge < -0.3 is 15.0 Å². The van der Waals surface area contributed by atoms with E-state index in [1.54, 1.807) is 24.1 Å². The first-order chi connectivity index (χ1) is 16.6. The van der Waals surface area contributed by atoms with Gasteiger partial charge in [-0.2, -0.15) is 0 Å². The molecule has 0 aromatic carbocycles. The summed E-state index contributed by atoms with van der Waals surface area (Å²) in [5.41, 5.74) is 0.761. The molecule has 0 radical (unpaired) electrons. The highest BCUT2D eigenvalue weighted by atomic mass is 32.2. The number of carbonyl (C=O) groups is 1. The molecule has 0 rings (SSSR count). The normalized spacial score (nSPS) is 7.06. The van der Waals surface area contributed by atoms with Crippen molar-refractivity contribution in [3.8, 4) is 0 Å². The molecule has 216 valence electrons. The maximum absolute atomic E-state index is 11.5. The Hall–Kier alpha value is -1.24. The van der Waals surface area contributed by atoms with Crippen molar-refractivity contribution < 1.29 is 14.5 Å². The minimum Gasteiger partial charge on any atom is -0.400 e. The lowest BCUT2D eigenvalue weighted by Crippen LogP contribution is -2.36. The van der Waals surface area contributed by atoms with Crippen LogP contribution in [0.3, 0.4) is 0 Å². The number of amides is 2. The highest BCUT2D eigenvalue weighted by molar-refractivity contribution is 7.97. The van der Waals surface area contributed by atoms with Crippen molar-refractivity contribution in [3.63, 3.8) is 0 Å². The average Bonchev–Trinajstić information content (AvgIpc) is 2.99. The first-order valence-corrected chi connectivity index (χ1v) is 14.2. The summed E-state index contributed by atoms with van der Waals surface area (Å²) in [5.74, 6) is 0. The molecule has 0 aliphatic carbocycles. The minimum atomic E-state index is -0.164. The fraction of sp³-hybridized carbons (Fsp3) is 0.750. The molecule has 0 aliphatic rings. The van der Waals surface area contributed by atoms with Crippen molar-refractivity contribution in [2.24, 2.45) is 0 Å². The molecule has 0 saturated heterocycles. The Morgan fingerprint density at radius 1 is 0.794 bits per heavy atom. The molecule has 0 unspecified atom stereocenters. The van der Waals surface area contributed by atoms with Gasteiger partial charge in [-0.3, -0.25) is 4.90 Å². The van der Waals surface area contributed by atoms with Gasteiger partial charge in [0.2, 0.25) is 0 Å². The minimum absolute atomic E-state index is 0.164. The van der Waals surface area contributed by atoms with Crippen LogP contribution >= 0.6 is 12.0 Å². The van der Waals surface area contributed by atoms with E-state index in [9.17, 15) is 4.79 Å². The molecular weight excluding hydrogens is 444 g/mol. The van der Waals surface area contributed by atoms with Crippen LogP contribution in [0, 0.1) is 0 Å². The number of hydrogen-bond acceptors (Lipinski definition) is 4. The third-order valence-corrected chi connectivity index (χ3v) is 2.31. The Morgan fingerprint density at radius 3 is 1.26 bits per heavy atom. The van der Waals surface area contributed by atoms with Gasteiger partial charge >= 0.3 is 6.03 Å². The molecular formula is C28H70N2O3S.